The first kappa shape index (κ1) is 15.3. The Labute approximate surface area is 133 Å². The second kappa shape index (κ2) is 6.24. The number of ether oxygens (including phenoxy) is 2. The quantitative estimate of drug-likeness (QED) is 0.482. The van der Waals surface area contributed by atoms with E-state index in [1.165, 1.54) is 12.0 Å². The first-order chi connectivity index (χ1) is 11.1. The van der Waals surface area contributed by atoms with Gasteiger partial charge in [0.05, 0.1) is 19.2 Å². The van der Waals surface area contributed by atoms with Gasteiger partial charge in [-0.25, -0.2) is 4.79 Å². The van der Waals surface area contributed by atoms with Crippen molar-refractivity contribution < 1.29 is 23.9 Å². The predicted molar refractivity (Wildman–Crippen MR) is 80.3 cm³/mol. The number of hydrogen-bond donors (Lipinski definition) is 0. The third-order valence-electron chi connectivity index (χ3n) is 4.18. The molecule has 1 amide bonds. The number of ketones is 1. The minimum Gasteiger partial charge on any atom is -0.468 e. The number of rotatable bonds is 3. The van der Waals surface area contributed by atoms with Gasteiger partial charge in [-0.1, -0.05) is 42.5 Å². The molecule has 6 heteroatoms. The summed E-state index contributed by atoms with van der Waals surface area (Å²) in [5.41, 5.74) is 0.874. The number of amides is 1. The molecule has 2 aliphatic rings. The summed E-state index contributed by atoms with van der Waals surface area (Å²) in [4.78, 5) is 37.8. The number of fused-ring (bicyclic) bond motifs is 2. The lowest BCUT2D eigenvalue weighted by molar-refractivity contribution is -0.153. The van der Waals surface area contributed by atoms with E-state index < -0.39 is 24.0 Å². The zero-order chi connectivity index (χ0) is 16.4. The van der Waals surface area contributed by atoms with Crippen molar-refractivity contribution in [1.82, 2.24) is 4.90 Å². The molecule has 23 heavy (non-hydrogen) atoms. The van der Waals surface area contributed by atoms with Crippen LogP contribution in [0.5, 0.6) is 0 Å². The van der Waals surface area contributed by atoms with Crippen LogP contribution < -0.4 is 0 Å². The van der Waals surface area contributed by atoms with Crippen molar-refractivity contribution in [2.24, 2.45) is 5.92 Å². The van der Waals surface area contributed by atoms with Crippen molar-refractivity contribution in [2.45, 2.75) is 25.1 Å². The number of Topliss-reactive ketones (excluding diaryl/α,β-unsaturated/α-hetero) is 1. The Balaban J connectivity index is 1.71. The van der Waals surface area contributed by atoms with E-state index in [-0.39, 0.29) is 24.9 Å². The van der Waals surface area contributed by atoms with Crippen LogP contribution in [-0.2, 0) is 25.7 Å². The largest absolute Gasteiger partial charge is 0.468 e. The molecular weight excluding hydrogens is 298 g/mol. The molecule has 3 unspecified atom stereocenters. The Morgan fingerprint density at radius 3 is 2.65 bits per heavy atom. The van der Waals surface area contributed by atoms with Crippen LogP contribution in [0.1, 0.15) is 12.0 Å². The van der Waals surface area contributed by atoms with Crippen LogP contribution in [0.2, 0.25) is 0 Å². The van der Waals surface area contributed by atoms with E-state index in [1.807, 2.05) is 30.3 Å². The first-order valence-electron chi connectivity index (χ1n) is 7.39. The number of esters is 1. The van der Waals surface area contributed by atoms with E-state index >= 15 is 0 Å². The van der Waals surface area contributed by atoms with Crippen molar-refractivity contribution >= 4 is 17.8 Å². The summed E-state index contributed by atoms with van der Waals surface area (Å²) in [5, 5.41) is 0. The van der Waals surface area contributed by atoms with E-state index in [0.717, 1.165) is 5.56 Å². The molecule has 0 radical (unpaired) electrons. The van der Waals surface area contributed by atoms with Gasteiger partial charge in [0.25, 0.3) is 0 Å². The Morgan fingerprint density at radius 1 is 1.22 bits per heavy atom. The lowest BCUT2D eigenvalue weighted by Gasteiger charge is -2.37. The Hall–Kier alpha value is -2.63. The lowest BCUT2D eigenvalue weighted by atomic mass is 9.88. The van der Waals surface area contributed by atoms with Crippen molar-refractivity contribution in [2.75, 3.05) is 7.11 Å². The summed E-state index contributed by atoms with van der Waals surface area (Å²) in [6.45, 7) is 0.145. The van der Waals surface area contributed by atoms with Crippen LogP contribution >= 0.6 is 0 Å². The summed E-state index contributed by atoms with van der Waals surface area (Å²) in [7, 11) is 1.23. The summed E-state index contributed by atoms with van der Waals surface area (Å²) < 4.78 is 10.0. The molecule has 2 heterocycles. The molecule has 120 valence electrons. The Bertz CT molecular complexity index is 654. The number of hydrogen-bond acceptors (Lipinski definition) is 5. The van der Waals surface area contributed by atoms with Crippen LogP contribution in [0.4, 0.5) is 4.79 Å². The molecule has 0 N–H and O–H groups in total. The second-order valence-corrected chi connectivity index (χ2v) is 5.56. The molecule has 0 aromatic heterocycles. The maximum absolute atomic E-state index is 12.4. The summed E-state index contributed by atoms with van der Waals surface area (Å²) in [6.07, 6.45) is 3.05. The highest BCUT2D eigenvalue weighted by Crippen LogP contribution is 2.33. The number of methoxy groups -OCH3 is 1. The number of carbonyl (C=O) groups is 3. The monoisotopic (exact) mass is 315 g/mol. The summed E-state index contributed by atoms with van der Waals surface area (Å²) >= 11 is 0. The van der Waals surface area contributed by atoms with E-state index in [4.69, 9.17) is 9.47 Å². The molecule has 1 saturated heterocycles. The van der Waals surface area contributed by atoms with Crippen LogP contribution in [0.25, 0.3) is 0 Å². The molecule has 2 bridgehead atoms. The number of nitrogens with zero attached hydrogens (tertiary/aromatic N) is 1. The maximum Gasteiger partial charge on any atom is 0.411 e. The van der Waals surface area contributed by atoms with E-state index in [2.05, 4.69) is 0 Å². The average molecular weight is 315 g/mol. The highest BCUT2D eigenvalue weighted by atomic mass is 16.6. The van der Waals surface area contributed by atoms with Crippen molar-refractivity contribution in [1.29, 1.82) is 0 Å². The van der Waals surface area contributed by atoms with E-state index in [9.17, 15) is 14.4 Å². The molecule has 1 fully saturated rings. The van der Waals surface area contributed by atoms with Gasteiger partial charge in [-0.15, -0.1) is 0 Å². The molecule has 6 nitrogen and oxygen atoms in total. The van der Waals surface area contributed by atoms with Crippen LogP contribution in [0.15, 0.2) is 42.5 Å². The highest BCUT2D eigenvalue weighted by Gasteiger charge is 2.50. The maximum atomic E-state index is 12.4. The Kier molecular flexibility index (Phi) is 4.14. The van der Waals surface area contributed by atoms with Crippen LogP contribution in [0, 0.1) is 5.92 Å². The molecule has 3 atom stereocenters. The van der Waals surface area contributed by atoms with Gasteiger partial charge >= 0.3 is 12.1 Å². The van der Waals surface area contributed by atoms with Crippen molar-refractivity contribution in [3.8, 4) is 0 Å². The van der Waals surface area contributed by atoms with Crippen LogP contribution in [0.3, 0.4) is 0 Å². The van der Waals surface area contributed by atoms with E-state index in [0.29, 0.717) is 0 Å². The van der Waals surface area contributed by atoms with Gasteiger partial charge in [0.1, 0.15) is 12.5 Å². The van der Waals surface area contributed by atoms with Crippen molar-refractivity contribution in [3.05, 3.63) is 48.0 Å². The second-order valence-electron chi connectivity index (χ2n) is 5.56. The summed E-state index contributed by atoms with van der Waals surface area (Å²) in [6, 6.07) is 8.34. The normalized spacial score (nSPS) is 25.3. The predicted octanol–water partition coefficient (Wildman–Crippen LogP) is 1.69. The molecule has 2 aliphatic heterocycles. The van der Waals surface area contributed by atoms with Crippen LogP contribution in [-0.4, -0.2) is 41.9 Å². The number of benzene rings is 1. The Morgan fingerprint density at radius 2 is 1.96 bits per heavy atom. The summed E-state index contributed by atoms with van der Waals surface area (Å²) in [5.74, 6) is -1.80. The molecule has 1 aromatic carbocycles. The third kappa shape index (κ3) is 2.84. The molecular formula is C17H17NO5. The molecule has 1 aromatic rings. The smallest absolute Gasteiger partial charge is 0.411 e. The molecule has 0 saturated carbocycles. The fraction of sp³-hybridized carbons (Fsp3) is 0.353. The molecule has 3 rings (SSSR count). The van der Waals surface area contributed by atoms with Gasteiger partial charge in [-0.3, -0.25) is 14.5 Å². The topological polar surface area (TPSA) is 72.9 Å². The number of piperidine rings is 1. The van der Waals surface area contributed by atoms with Gasteiger partial charge in [-0.2, -0.15) is 0 Å². The molecule has 0 aliphatic carbocycles. The van der Waals surface area contributed by atoms with Gasteiger partial charge in [0, 0.05) is 6.42 Å². The SMILES string of the molecule is COC(=O)C1C(=O)CC2C=CC1N2C(=O)OCc1ccccc1. The highest BCUT2D eigenvalue weighted by molar-refractivity contribution is 6.02. The third-order valence-corrected chi connectivity index (χ3v) is 4.18. The fourth-order valence-corrected chi connectivity index (χ4v) is 3.06. The standard InChI is InChI=1S/C17H17NO5/c1-22-16(20)15-13-8-7-12(9-14(15)19)18(13)17(21)23-10-11-5-3-2-4-6-11/h2-8,12-13,15H,9-10H2,1H3. The van der Waals surface area contributed by atoms with Gasteiger partial charge < -0.3 is 9.47 Å². The average Bonchev–Trinajstić information content (AvgIpc) is 2.88. The first-order valence-corrected chi connectivity index (χ1v) is 7.39. The van der Waals surface area contributed by atoms with Gasteiger partial charge in [0.2, 0.25) is 0 Å². The van der Waals surface area contributed by atoms with Gasteiger partial charge in [0.15, 0.2) is 5.78 Å². The molecule has 0 spiro atoms. The minimum absolute atomic E-state index is 0.104. The number of carbonyl (C=O) groups excluding carboxylic acids is 3. The lowest BCUT2D eigenvalue weighted by Crippen LogP contribution is -2.55. The van der Waals surface area contributed by atoms with Gasteiger partial charge in [-0.05, 0) is 5.56 Å². The zero-order valence-electron chi connectivity index (χ0n) is 12.7. The van der Waals surface area contributed by atoms with E-state index in [1.54, 1.807) is 12.2 Å². The zero-order valence-corrected chi connectivity index (χ0v) is 12.7. The minimum atomic E-state index is -0.973. The fourth-order valence-electron chi connectivity index (χ4n) is 3.06. The van der Waals surface area contributed by atoms with Crippen molar-refractivity contribution in [3.63, 3.8) is 0 Å².